The number of rotatable bonds is 7. The van der Waals surface area contributed by atoms with Crippen LogP contribution in [-0.2, 0) is 8.85 Å². The van der Waals surface area contributed by atoms with Crippen molar-refractivity contribution in [2.75, 3.05) is 13.6 Å². The molecule has 0 rings (SSSR count). The molecule has 0 saturated carbocycles. The fourth-order valence-corrected chi connectivity index (χ4v) is 3.64. The highest BCUT2D eigenvalue weighted by Gasteiger charge is 2.39. The van der Waals surface area contributed by atoms with Gasteiger partial charge in [-0.25, -0.2) is 0 Å². The molecule has 4 nitrogen and oxygen atoms in total. The van der Waals surface area contributed by atoms with Crippen LogP contribution < -0.4 is 9.96 Å². The van der Waals surface area contributed by atoms with Crippen LogP contribution in [0.15, 0.2) is 0 Å². The molecule has 0 spiro atoms. The standard InChI is InChI=1S/C9H24N2O2Si/c1-7-11-14(10-6,12-8(2)3)13-9(4)5/h8-11H,7H2,1-6H3. The molecule has 2 N–H and O–H groups in total. The first-order valence-corrected chi connectivity index (χ1v) is 7.07. The van der Waals surface area contributed by atoms with E-state index in [4.69, 9.17) is 8.85 Å². The lowest BCUT2D eigenvalue weighted by atomic mass is 10.5. The van der Waals surface area contributed by atoms with Gasteiger partial charge < -0.3 is 8.85 Å². The predicted molar refractivity (Wildman–Crippen MR) is 60.9 cm³/mol. The molecule has 0 radical (unpaired) electrons. The topological polar surface area (TPSA) is 42.5 Å². The lowest BCUT2D eigenvalue weighted by Gasteiger charge is -2.32. The second kappa shape index (κ2) is 6.52. The smallest absolute Gasteiger partial charge is 0.368 e. The number of hydrogen-bond acceptors (Lipinski definition) is 4. The Labute approximate surface area is 88.8 Å². The van der Waals surface area contributed by atoms with Crippen molar-refractivity contribution < 1.29 is 8.85 Å². The van der Waals surface area contributed by atoms with Crippen LogP contribution in [0.3, 0.4) is 0 Å². The van der Waals surface area contributed by atoms with Crippen LogP contribution in [0.1, 0.15) is 34.6 Å². The third-order valence-corrected chi connectivity index (χ3v) is 4.63. The van der Waals surface area contributed by atoms with E-state index in [9.17, 15) is 0 Å². The molecule has 0 aliphatic carbocycles. The van der Waals surface area contributed by atoms with E-state index in [1.54, 1.807) is 0 Å². The van der Waals surface area contributed by atoms with E-state index in [1.165, 1.54) is 0 Å². The third-order valence-electron chi connectivity index (χ3n) is 1.54. The second-order valence-electron chi connectivity index (χ2n) is 3.73. The Morgan fingerprint density at radius 2 is 1.50 bits per heavy atom. The molecule has 86 valence electrons. The minimum atomic E-state index is -2.40. The molecule has 0 heterocycles. The largest absolute Gasteiger partial charge is 0.517 e. The van der Waals surface area contributed by atoms with Crippen molar-refractivity contribution in [2.24, 2.45) is 0 Å². The van der Waals surface area contributed by atoms with Gasteiger partial charge in [0.1, 0.15) is 0 Å². The van der Waals surface area contributed by atoms with Crippen molar-refractivity contribution in [3.8, 4) is 0 Å². The van der Waals surface area contributed by atoms with Crippen molar-refractivity contribution >= 4 is 8.88 Å². The van der Waals surface area contributed by atoms with E-state index in [1.807, 2.05) is 41.7 Å². The van der Waals surface area contributed by atoms with Gasteiger partial charge in [0.05, 0.1) is 0 Å². The molecule has 0 aromatic rings. The average molecular weight is 220 g/mol. The van der Waals surface area contributed by atoms with Crippen LogP contribution >= 0.6 is 0 Å². The minimum Gasteiger partial charge on any atom is -0.368 e. The number of hydrogen-bond donors (Lipinski definition) is 2. The molecule has 0 atom stereocenters. The summed E-state index contributed by atoms with van der Waals surface area (Å²) in [6, 6.07) is 0. The Hall–Kier alpha value is 0.0569. The fraction of sp³-hybridized carbons (Fsp3) is 1.00. The fourth-order valence-electron chi connectivity index (χ4n) is 1.21. The van der Waals surface area contributed by atoms with Crippen LogP contribution in [0.5, 0.6) is 0 Å². The summed E-state index contributed by atoms with van der Waals surface area (Å²) in [5.74, 6) is 0. The maximum Gasteiger partial charge on any atom is 0.517 e. The third kappa shape index (κ3) is 5.07. The number of nitrogens with one attached hydrogen (secondary N) is 2. The lowest BCUT2D eigenvalue weighted by molar-refractivity contribution is 0.0889. The molecule has 0 aliphatic heterocycles. The van der Waals surface area contributed by atoms with E-state index in [0.717, 1.165) is 6.54 Å². The summed E-state index contributed by atoms with van der Waals surface area (Å²) in [6.07, 6.45) is 0.318. The molecule has 0 aromatic carbocycles. The second-order valence-corrected chi connectivity index (χ2v) is 6.29. The Morgan fingerprint density at radius 1 is 1.07 bits per heavy atom. The summed E-state index contributed by atoms with van der Waals surface area (Å²) < 4.78 is 11.7. The maximum absolute atomic E-state index is 5.83. The quantitative estimate of drug-likeness (QED) is 0.631. The van der Waals surface area contributed by atoms with Gasteiger partial charge >= 0.3 is 8.88 Å². The summed E-state index contributed by atoms with van der Waals surface area (Å²) in [7, 11) is -0.521. The van der Waals surface area contributed by atoms with E-state index in [2.05, 4.69) is 9.96 Å². The molecule has 0 bridgehead atoms. The molecule has 0 aliphatic rings. The van der Waals surface area contributed by atoms with E-state index in [0.29, 0.717) is 0 Å². The highest BCUT2D eigenvalue weighted by Crippen LogP contribution is 2.06. The van der Waals surface area contributed by atoms with Gasteiger partial charge in [0.2, 0.25) is 0 Å². The van der Waals surface area contributed by atoms with Gasteiger partial charge in [0.15, 0.2) is 0 Å². The molecule has 14 heavy (non-hydrogen) atoms. The molecule has 0 amide bonds. The maximum atomic E-state index is 5.83. The van der Waals surface area contributed by atoms with Crippen molar-refractivity contribution in [3.63, 3.8) is 0 Å². The zero-order valence-electron chi connectivity index (χ0n) is 10.2. The van der Waals surface area contributed by atoms with E-state index >= 15 is 0 Å². The zero-order valence-corrected chi connectivity index (χ0v) is 11.2. The first kappa shape index (κ1) is 14.1. The molecule has 0 saturated heterocycles. The molecule has 0 aromatic heterocycles. The molecule has 0 unspecified atom stereocenters. The van der Waals surface area contributed by atoms with Crippen molar-refractivity contribution in [1.82, 2.24) is 9.96 Å². The van der Waals surface area contributed by atoms with Gasteiger partial charge in [-0.05, 0) is 41.3 Å². The van der Waals surface area contributed by atoms with Gasteiger partial charge in [-0.3, -0.25) is 9.96 Å². The molecule has 0 fully saturated rings. The summed E-state index contributed by atoms with van der Waals surface area (Å²) in [5, 5.41) is 0. The van der Waals surface area contributed by atoms with E-state index in [-0.39, 0.29) is 12.2 Å². The summed E-state index contributed by atoms with van der Waals surface area (Å²) >= 11 is 0. The van der Waals surface area contributed by atoms with Crippen molar-refractivity contribution in [2.45, 2.75) is 46.8 Å². The first-order valence-electron chi connectivity index (χ1n) is 5.25. The highest BCUT2D eigenvalue weighted by molar-refractivity contribution is 6.62. The molecular weight excluding hydrogens is 196 g/mol. The summed E-state index contributed by atoms with van der Waals surface area (Å²) in [6.45, 7) is 10.9. The van der Waals surface area contributed by atoms with E-state index < -0.39 is 8.88 Å². The minimum absolute atomic E-state index is 0.159. The predicted octanol–water partition coefficient (Wildman–Crippen LogP) is 1.10. The molecular formula is C9H24N2O2Si. The van der Waals surface area contributed by atoms with Crippen molar-refractivity contribution in [3.05, 3.63) is 0 Å². The highest BCUT2D eigenvalue weighted by atomic mass is 28.4. The lowest BCUT2D eigenvalue weighted by Crippen LogP contribution is -2.67. The monoisotopic (exact) mass is 220 g/mol. The average Bonchev–Trinajstić information content (AvgIpc) is 2.02. The zero-order chi connectivity index (χ0) is 11.2. The van der Waals surface area contributed by atoms with Crippen LogP contribution in [0.25, 0.3) is 0 Å². The summed E-state index contributed by atoms with van der Waals surface area (Å²) in [4.78, 5) is 6.45. The first-order chi connectivity index (χ1) is 6.45. The van der Waals surface area contributed by atoms with Crippen LogP contribution in [0.2, 0.25) is 0 Å². The Kier molecular flexibility index (Phi) is 6.55. The van der Waals surface area contributed by atoms with Gasteiger partial charge in [-0.2, -0.15) is 0 Å². The van der Waals surface area contributed by atoms with Crippen LogP contribution in [0, 0.1) is 0 Å². The Balaban J connectivity index is 4.42. The van der Waals surface area contributed by atoms with Gasteiger partial charge in [0.25, 0.3) is 0 Å². The van der Waals surface area contributed by atoms with Gasteiger partial charge in [-0.1, -0.05) is 6.92 Å². The van der Waals surface area contributed by atoms with Gasteiger partial charge in [0, 0.05) is 12.2 Å². The normalized spacial score (nSPS) is 12.9. The SMILES string of the molecule is CCN[Si](NC)(OC(C)C)OC(C)C. The van der Waals surface area contributed by atoms with Crippen molar-refractivity contribution in [1.29, 1.82) is 0 Å². The summed E-state index contributed by atoms with van der Waals surface area (Å²) in [5.41, 5.74) is 0. The molecule has 5 heteroatoms. The van der Waals surface area contributed by atoms with Gasteiger partial charge in [-0.15, -0.1) is 0 Å². The Morgan fingerprint density at radius 3 is 1.71 bits per heavy atom. The van der Waals surface area contributed by atoms with Crippen LogP contribution in [0.4, 0.5) is 0 Å². The van der Waals surface area contributed by atoms with Crippen LogP contribution in [-0.4, -0.2) is 34.7 Å². The Bertz CT molecular complexity index is 144.